The van der Waals surface area contributed by atoms with Crippen LogP contribution in [0, 0.1) is 18.6 Å². The zero-order chi connectivity index (χ0) is 25.1. The zero-order valence-electron chi connectivity index (χ0n) is 18.8. The fourth-order valence-corrected chi connectivity index (χ4v) is 3.95. The van der Waals surface area contributed by atoms with E-state index in [2.05, 4.69) is 20.1 Å². The third-order valence-corrected chi connectivity index (χ3v) is 5.78. The fourth-order valence-electron chi connectivity index (χ4n) is 3.95. The summed E-state index contributed by atoms with van der Waals surface area (Å²) in [5.41, 5.74) is -0.627. The molecular formula is C22H19F4N7O2. The van der Waals surface area contributed by atoms with E-state index < -0.39 is 36.0 Å². The Kier molecular flexibility index (Phi) is 5.31. The van der Waals surface area contributed by atoms with Crippen molar-refractivity contribution in [3.63, 3.8) is 0 Å². The van der Waals surface area contributed by atoms with Crippen molar-refractivity contribution in [3.05, 3.63) is 64.0 Å². The standard InChI is InChI=1S/C22H19F4N7O2/c1-11-28-18-17(14-5-4-13(23)6-15(14)24)29-21(30-19(18)20(34)32(11)3)33-9-16(35-22(25,26)10-33)12-7-27-31(2)8-12/h4-8,16H,9-10H2,1-3H3. The average Bonchev–Trinajstić information content (AvgIpc) is 3.23. The van der Waals surface area contributed by atoms with E-state index in [0.717, 1.165) is 17.0 Å². The molecular weight excluding hydrogens is 470 g/mol. The van der Waals surface area contributed by atoms with Crippen LogP contribution in [-0.2, 0) is 18.8 Å². The molecule has 0 spiro atoms. The minimum Gasteiger partial charge on any atom is -0.329 e. The van der Waals surface area contributed by atoms with Gasteiger partial charge in [0.05, 0.1) is 12.7 Å². The summed E-state index contributed by atoms with van der Waals surface area (Å²) in [6.07, 6.45) is -1.69. The normalized spacial score (nSPS) is 17.8. The zero-order valence-corrected chi connectivity index (χ0v) is 18.8. The van der Waals surface area contributed by atoms with Crippen molar-refractivity contribution < 1.29 is 22.3 Å². The lowest BCUT2D eigenvalue weighted by molar-refractivity contribution is -0.269. The van der Waals surface area contributed by atoms with E-state index in [0.29, 0.717) is 17.5 Å². The molecule has 0 radical (unpaired) electrons. The van der Waals surface area contributed by atoms with Gasteiger partial charge in [0.25, 0.3) is 5.56 Å². The summed E-state index contributed by atoms with van der Waals surface area (Å²) >= 11 is 0. The molecule has 1 aromatic carbocycles. The van der Waals surface area contributed by atoms with Crippen molar-refractivity contribution in [1.29, 1.82) is 0 Å². The van der Waals surface area contributed by atoms with E-state index in [-0.39, 0.29) is 34.8 Å². The molecule has 9 nitrogen and oxygen atoms in total. The van der Waals surface area contributed by atoms with Crippen molar-refractivity contribution in [2.24, 2.45) is 14.1 Å². The highest BCUT2D eigenvalue weighted by atomic mass is 19.3. The maximum absolute atomic E-state index is 14.8. The molecule has 0 N–H and O–H groups in total. The van der Waals surface area contributed by atoms with E-state index in [1.807, 2.05) is 0 Å². The first-order valence-electron chi connectivity index (χ1n) is 10.5. The molecule has 13 heteroatoms. The molecule has 0 bridgehead atoms. The molecule has 1 unspecified atom stereocenters. The van der Waals surface area contributed by atoms with Crippen LogP contribution in [-0.4, -0.2) is 48.5 Å². The van der Waals surface area contributed by atoms with Crippen LogP contribution < -0.4 is 10.5 Å². The van der Waals surface area contributed by atoms with Gasteiger partial charge in [-0.15, -0.1) is 0 Å². The Morgan fingerprint density at radius 1 is 1.11 bits per heavy atom. The molecule has 35 heavy (non-hydrogen) atoms. The van der Waals surface area contributed by atoms with Gasteiger partial charge in [-0.2, -0.15) is 13.9 Å². The second kappa shape index (κ2) is 8.12. The van der Waals surface area contributed by atoms with Crippen LogP contribution in [0.4, 0.5) is 23.5 Å². The van der Waals surface area contributed by atoms with Crippen LogP contribution >= 0.6 is 0 Å². The smallest absolute Gasteiger partial charge is 0.329 e. The first-order valence-corrected chi connectivity index (χ1v) is 10.5. The number of fused-ring (bicyclic) bond motifs is 1. The molecule has 0 saturated carbocycles. The average molecular weight is 489 g/mol. The van der Waals surface area contributed by atoms with Crippen molar-refractivity contribution in [1.82, 2.24) is 29.3 Å². The van der Waals surface area contributed by atoms with Crippen LogP contribution in [0.1, 0.15) is 17.5 Å². The number of morpholine rings is 1. The van der Waals surface area contributed by atoms with Crippen LogP contribution in [0.15, 0.2) is 35.4 Å². The maximum atomic E-state index is 14.8. The van der Waals surface area contributed by atoms with E-state index >= 15 is 0 Å². The van der Waals surface area contributed by atoms with E-state index in [1.54, 1.807) is 20.2 Å². The third kappa shape index (κ3) is 4.11. The molecule has 1 aliphatic rings. The third-order valence-electron chi connectivity index (χ3n) is 5.78. The van der Waals surface area contributed by atoms with Crippen LogP contribution in [0.3, 0.4) is 0 Å². The Morgan fingerprint density at radius 3 is 2.57 bits per heavy atom. The summed E-state index contributed by atoms with van der Waals surface area (Å²) < 4.78 is 65.2. The van der Waals surface area contributed by atoms with Gasteiger partial charge in [-0.05, 0) is 19.1 Å². The highest BCUT2D eigenvalue weighted by molar-refractivity contribution is 5.89. The van der Waals surface area contributed by atoms with E-state index in [9.17, 15) is 22.4 Å². The number of alkyl halides is 2. The molecule has 182 valence electrons. The molecule has 4 heterocycles. The molecule has 5 rings (SSSR count). The molecule has 4 aromatic rings. The summed E-state index contributed by atoms with van der Waals surface area (Å²) in [6.45, 7) is 0.582. The second-order valence-electron chi connectivity index (χ2n) is 8.29. The van der Waals surface area contributed by atoms with Gasteiger partial charge < -0.3 is 9.64 Å². The van der Waals surface area contributed by atoms with Crippen molar-refractivity contribution >= 4 is 17.0 Å². The second-order valence-corrected chi connectivity index (χ2v) is 8.29. The van der Waals surface area contributed by atoms with Crippen LogP contribution in [0.5, 0.6) is 0 Å². The topological polar surface area (TPSA) is 91.0 Å². The number of rotatable bonds is 3. The van der Waals surface area contributed by atoms with Gasteiger partial charge in [0.2, 0.25) is 5.95 Å². The summed E-state index contributed by atoms with van der Waals surface area (Å²) in [7, 11) is 3.12. The van der Waals surface area contributed by atoms with Gasteiger partial charge in [0.15, 0.2) is 5.52 Å². The molecule has 0 amide bonds. The molecule has 1 atom stereocenters. The lowest BCUT2D eigenvalue weighted by Gasteiger charge is -2.37. The summed E-state index contributed by atoms with van der Waals surface area (Å²) in [6, 6.07) is 2.84. The molecule has 1 saturated heterocycles. The number of anilines is 1. The first kappa shape index (κ1) is 22.9. The van der Waals surface area contributed by atoms with E-state index in [4.69, 9.17) is 4.74 Å². The monoisotopic (exact) mass is 489 g/mol. The molecule has 1 aliphatic heterocycles. The Morgan fingerprint density at radius 2 is 1.89 bits per heavy atom. The minimum atomic E-state index is -3.57. The van der Waals surface area contributed by atoms with Gasteiger partial charge in [-0.25, -0.2) is 23.7 Å². The highest BCUT2D eigenvalue weighted by Gasteiger charge is 2.43. The van der Waals surface area contributed by atoms with Crippen molar-refractivity contribution in [3.8, 4) is 11.3 Å². The van der Waals surface area contributed by atoms with Gasteiger partial charge in [0, 0.05) is 37.5 Å². The number of hydrogen-bond acceptors (Lipinski definition) is 7. The van der Waals surface area contributed by atoms with Gasteiger partial charge >= 0.3 is 6.11 Å². The van der Waals surface area contributed by atoms with Crippen LogP contribution in [0.25, 0.3) is 22.3 Å². The van der Waals surface area contributed by atoms with Gasteiger partial charge in [-0.3, -0.25) is 14.0 Å². The number of ether oxygens (including phenoxy) is 1. The summed E-state index contributed by atoms with van der Waals surface area (Å²) in [5.74, 6) is -1.69. The molecule has 3 aromatic heterocycles. The molecule has 1 fully saturated rings. The predicted octanol–water partition coefficient (Wildman–Crippen LogP) is 2.88. The Balaban J connectivity index is 1.71. The largest absolute Gasteiger partial charge is 0.373 e. The number of nitrogens with zero attached hydrogens (tertiary/aromatic N) is 7. The van der Waals surface area contributed by atoms with Crippen LogP contribution in [0.2, 0.25) is 0 Å². The fraction of sp³-hybridized carbons (Fsp3) is 0.318. The number of benzene rings is 1. The first-order chi connectivity index (χ1) is 16.5. The lowest BCUT2D eigenvalue weighted by Crippen LogP contribution is -2.48. The highest BCUT2D eigenvalue weighted by Crippen LogP contribution is 2.36. The lowest BCUT2D eigenvalue weighted by atomic mass is 10.1. The quantitative estimate of drug-likeness (QED) is 0.409. The van der Waals surface area contributed by atoms with E-state index in [1.165, 1.54) is 22.5 Å². The Bertz CT molecular complexity index is 1520. The van der Waals surface area contributed by atoms with Crippen molar-refractivity contribution in [2.75, 3.05) is 18.0 Å². The summed E-state index contributed by atoms with van der Waals surface area (Å²) in [4.78, 5) is 27.1. The maximum Gasteiger partial charge on any atom is 0.373 e. The Hall–Kier alpha value is -3.87. The Labute approximate surface area is 195 Å². The number of aryl methyl sites for hydroxylation is 2. The predicted molar refractivity (Wildman–Crippen MR) is 117 cm³/mol. The number of halogens is 4. The summed E-state index contributed by atoms with van der Waals surface area (Å²) in [5, 5.41) is 4.00. The molecule has 0 aliphatic carbocycles. The SMILES string of the molecule is Cc1nc2c(-c3ccc(F)cc3F)nc(N3CC(c4cnn(C)c4)OC(F)(F)C3)nc2c(=O)n1C. The minimum absolute atomic E-state index is 0.0244. The number of aromatic nitrogens is 6. The van der Waals surface area contributed by atoms with Gasteiger partial charge in [-0.1, -0.05) is 0 Å². The van der Waals surface area contributed by atoms with Gasteiger partial charge in [0.1, 0.15) is 41.3 Å². The van der Waals surface area contributed by atoms with Crippen molar-refractivity contribution in [2.45, 2.75) is 19.1 Å². The number of hydrogen-bond donors (Lipinski definition) is 0.